The minimum Gasteiger partial charge on any atom is -0.394 e. The molecule has 6 nitrogen and oxygen atoms in total. The van der Waals surface area contributed by atoms with Gasteiger partial charge in [-0.05, 0) is 97.8 Å². The molecule has 5 N–H and O–H groups in total. The van der Waals surface area contributed by atoms with Crippen molar-refractivity contribution < 1.29 is 47.8 Å². The van der Waals surface area contributed by atoms with Crippen molar-refractivity contribution >= 4 is 31.9 Å². The fraction of sp³-hybridized carbons (Fsp3) is 0.333. The molecule has 0 saturated carbocycles. The molecule has 0 aromatic heterocycles. The van der Waals surface area contributed by atoms with Crippen LogP contribution in [0, 0.1) is 37.1 Å². The van der Waals surface area contributed by atoms with Crippen molar-refractivity contribution in [2.24, 2.45) is 0 Å². The second-order valence-corrected chi connectivity index (χ2v) is 10.7. The molecule has 1 heterocycles. The largest absolute Gasteiger partial charge is 0.394 e. The molecule has 3 aromatic rings. The zero-order chi connectivity index (χ0) is 29.2. The average molecular weight is 682 g/mol. The number of benzene rings is 3. The van der Waals surface area contributed by atoms with Gasteiger partial charge in [0.1, 0.15) is 59.9 Å². The first-order chi connectivity index (χ1) is 18.3. The topological polar surface area (TPSA) is 110 Å². The summed E-state index contributed by atoms with van der Waals surface area (Å²) in [5, 5.41) is 50.0. The Morgan fingerprint density at radius 3 is 1.77 bits per heavy atom. The van der Waals surface area contributed by atoms with Crippen molar-refractivity contribution in [1.29, 1.82) is 0 Å². The van der Waals surface area contributed by atoms with E-state index >= 15 is 0 Å². The lowest BCUT2D eigenvalue weighted by Crippen LogP contribution is -2.59. The minimum absolute atomic E-state index is 0.0990. The van der Waals surface area contributed by atoms with Crippen molar-refractivity contribution in [3.63, 3.8) is 0 Å². The molecule has 3 aromatic carbocycles. The van der Waals surface area contributed by atoms with Gasteiger partial charge < -0.3 is 30.3 Å². The molecule has 1 fully saturated rings. The molecule has 4 rings (SSSR count). The Balaban J connectivity index is 0.000000353. The van der Waals surface area contributed by atoms with E-state index in [1.165, 1.54) is 30.3 Å². The van der Waals surface area contributed by atoms with Gasteiger partial charge in [-0.25, -0.2) is 17.6 Å². The molecule has 0 spiro atoms. The molecule has 0 radical (unpaired) electrons. The fourth-order valence-electron chi connectivity index (χ4n) is 4.16. The maximum absolute atomic E-state index is 13.8. The van der Waals surface area contributed by atoms with Crippen LogP contribution in [0.25, 0.3) is 11.1 Å². The van der Waals surface area contributed by atoms with Crippen molar-refractivity contribution in [2.45, 2.75) is 50.5 Å². The van der Waals surface area contributed by atoms with Gasteiger partial charge in [0.15, 0.2) is 0 Å². The Hall–Kier alpha value is -1.90. The van der Waals surface area contributed by atoms with Crippen LogP contribution in [0.2, 0.25) is 0 Å². The molecule has 1 aliphatic heterocycles. The summed E-state index contributed by atoms with van der Waals surface area (Å²) in [6, 6.07) is 9.59. The summed E-state index contributed by atoms with van der Waals surface area (Å²) in [7, 11) is 0. The third-order valence-electron chi connectivity index (χ3n) is 6.27. The molecule has 12 heteroatoms. The molecule has 0 bridgehead atoms. The average Bonchev–Trinajstić information content (AvgIpc) is 2.89. The van der Waals surface area contributed by atoms with E-state index in [0.29, 0.717) is 27.8 Å². The summed E-state index contributed by atoms with van der Waals surface area (Å²) in [6.07, 6.45) is -8.53. The van der Waals surface area contributed by atoms with Crippen molar-refractivity contribution in [2.75, 3.05) is 6.61 Å². The van der Waals surface area contributed by atoms with Crippen LogP contribution in [-0.4, -0.2) is 62.7 Å². The molecule has 6 atom stereocenters. The maximum Gasteiger partial charge on any atom is 0.140 e. The van der Waals surface area contributed by atoms with E-state index in [2.05, 4.69) is 31.9 Å². The standard InChI is InChI=1S/C20H21BrF2O6.C7H5BrF2/c1-8-4-9(10-5-12(22)15(21)13(23)6-10)2-3-11(8)16(25)20-19(28)18(27)17(26)14(7-24)29-20;1-4-2-5(9)7(8)6(10)3-4/h2-6,14,16-20,24-28H,7H2,1H3;2-3H,1H3/t14?,16-,17-,18+,19?,20-;/m1./s1. The van der Waals surface area contributed by atoms with E-state index in [1.54, 1.807) is 26.0 Å². The van der Waals surface area contributed by atoms with Crippen LogP contribution in [0.3, 0.4) is 0 Å². The van der Waals surface area contributed by atoms with Gasteiger partial charge in [-0.3, -0.25) is 0 Å². The minimum atomic E-state index is -1.60. The van der Waals surface area contributed by atoms with Gasteiger partial charge in [-0.15, -0.1) is 0 Å². The predicted molar refractivity (Wildman–Crippen MR) is 142 cm³/mol. The zero-order valence-electron chi connectivity index (χ0n) is 20.6. The van der Waals surface area contributed by atoms with E-state index in [-0.39, 0.29) is 8.95 Å². The Morgan fingerprint density at radius 1 is 0.769 bits per heavy atom. The molecule has 212 valence electrons. The molecule has 0 aliphatic carbocycles. The number of halogens is 6. The summed E-state index contributed by atoms with van der Waals surface area (Å²) in [4.78, 5) is 0. The van der Waals surface area contributed by atoms with Gasteiger partial charge in [0, 0.05) is 0 Å². The Bertz CT molecular complexity index is 1280. The van der Waals surface area contributed by atoms with Crippen LogP contribution in [0.15, 0.2) is 51.4 Å². The highest BCUT2D eigenvalue weighted by Gasteiger charge is 2.46. The quantitative estimate of drug-likeness (QED) is 0.203. The first-order valence-corrected chi connectivity index (χ1v) is 13.2. The number of aryl methyl sites for hydroxylation is 2. The number of aliphatic hydroxyl groups excluding tert-OH is 5. The predicted octanol–water partition coefficient (Wildman–Crippen LogP) is 4.61. The van der Waals surface area contributed by atoms with Crippen molar-refractivity contribution in [1.82, 2.24) is 0 Å². The Kier molecular flexibility index (Phi) is 10.7. The number of aliphatic hydroxyl groups is 5. The molecule has 39 heavy (non-hydrogen) atoms. The number of hydrogen-bond acceptors (Lipinski definition) is 6. The van der Waals surface area contributed by atoms with E-state index in [1.807, 2.05) is 0 Å². The monoisotopic (exact) mass is 680 g/mol. The van der Waals surface area contributed by atoms with Crippen molar-refractivity contribution in [3.8, 4) is 11.1 Å². The van der Waals surface area contributed by atoms with E-state index in [0.717, 1.165) is 0 Å². The summed E-state index contributed by atoms with van der Waals surface area (Å²) in [6.45, 7) is 2.70. The second-order valence-electron chi connectivity index (χ2n) is 9.11. The highest BCUT2D eigenvalue weighted by atomic mass is 79.9. The SMILES string of the molecule is Cc1cc(-c2cc(F)c(Br)c(F)c2)ccc1[C@@H](O)[C@H]1OC(CO)[C@@H](O)[C@H](O)C1O.Cc1cc(F)c(Br)c(F)c1. The number of rotatable bonds is 4. The zero-order valence-corrected chi connectivity index (χ0v) is 23.8. The normalized spacial score (nSPS) is 23.7. The second kappa shape index (κ2) is 13.2. The van der Waals surface area contributed by atoms with Crippen LogP contribution >= 0.6 is 31.9 Å². The van der Waals surface area contributed by atoms with Crippen LogP contribution in [0.5, 0.6) is 0 Å². The molecule has 1 saturated heterocycles. The van der Waals surface area contributed by atoms with Gasteiger partial charge in [0.25, 0.3) is 0 Å². The molecule has 2 unspecified atom stereocenters. The summed E-state index contributed by atoms with van der Waals surface area (Å²) >= 11 is 5.59. The lowest BCUT2D eigenvalue weighted by molar-refractivity contribution is -0.250. The Morgan fingerprint density at radius 2 is 1.28 bits per heavy atom. The highest BCUT2D eigenvalue weighted by molar-refractivity contribution is 9.10. The van der Waals surface area contributed by atoms with E-state index in [9.17, 15) is 43.1 Å². The summed E-state index contributed by atoms with van der Waals surface area (Å²) in [5.74, 6) is -2.61. The summed E-state index contributed by atoms with van der Waals surface area (Å²) < 4.78 is 57.8. The van der Waals surface area contributed by atoms with Gasteiger partial charge in [0.2, 0.25) is 0 Å². The lowest BCUT2D eigenvalue weighted by Gasteiger charge is -2.42. The van der Waals surface area contributed by atoms with Crippen LogP contribution in [0.4, 0.5) is 17.6 Å². The smallest absolute Gasteiger partial charge is 0.140 e. The third-order valence-corrected chi connectivity index (χ3v) is 7.79. The first-order valence-electron chi connectivity index (χ1n) is 11.6. The van der Waals surface area contributed by atoms with Gasteiger partial charge in [0.05, 0.1) is 15.6 Å². The molecule has 1 aliphatic rings. The van der Waals surface area contributed by atoms with Gasteiger partial charge >= 0.3 is 0 Å². The van der Waals surface area contributed by atoms with E-state index in [4.69, 9.17) is 4.74 Å². The van der Waals surface area contributed by atoms with Crippen LogP contribution < -0.4 is 0 Å². The molecule has 0 amide bonds. The van der Waals surface area contributed by atoms with Crippen molar-refractivity contribution in [3.05, 3.63) is 91.4 Å². The first kappa shape index (κ1) is 31.6. The maximum atomic E-state index is 13.8. The highest BCUT2D eigenvalue weighted by Crippen LogP contribution is 2.34. The third kappa shape index (κ3) is 7.06. The van der Waals surface area contributed by atoms with E-state index < -0.39 is 66.5 Å². The number of hydrogen-bond donors (Lipinski definition) is 5. The summed E-state index contributed by atoms with van der Waals surface area (Å²) in [5.41, 5.74) is 2.31. The van der Waals surface area contributed by atoms with Crippen LogP contribution in [-0.2, 0) is 4.74 Å². The fourth-order valence-corrected chi connectivity index (χ4v) is 4.62. The van der Waals surface area contributed by atoms with Gasteiger partial charge in [-0.2, -0.15) is 0 Å². The van der Waals surface area contributed by atoms with Crippen LogP contribution in [0.1, 0.15) is 22.8 Å². The lowest BCUT2D eigenvalue weighted by atomic mass is 9.88. The Labute approximate surface area is 238 Å². The molecular formula is C27H26Br2F4O6. The number of ether oxygens (including phenoxy) is 1. The molecular weight excluding hydrogens is 656 g/mol. The van der Waals surface area contributed by atoms with Gasteiger partial charge in [-0.1, -0.05) is 18.2 Å².